The van der Waals surface area contributed by atoms with Gasteiger partial charge >= 0.3 is 0 Å². The Balaban J connectivity index is 1.42. The van der Waals surface area contributed by atoms with Gasteiger partial charge in [0, 0.05) is 24.5 Å². The van der Waals surface area contributed by atoms with E-state index in [0.29, 0.717) is 24.4 Å². The molecule has 1 saturated heterocycles. The largest absolute Gasteiger partial charge is 0.497 e. The number of nitrogens with zero attached hydrogens (tertiary/aromatic N) is 1. The Morgan fingerprint density at radius 2 is 1.85 bits per heavy atom. The molecule has 0 aliphatic carbocycles. The van der Waals surface area contributed by atoms with Crippen LogP contribution in [0.15, 0.2) is 77.9 Å². The number of methoxy groups -OCH3 is 1. The van der Waals surface area contributed by atoms with E-state index in [0.717, 1.165) is 16.9 Å². The van der Waals surface area contributed by atoms with Gasteiger partial charge in [-0.2, -0.15) is 0 Å². The summed E-state index contributed by atoms with van der Waals surface area (Å²) in [6.07, 6.45) is 7.38. The molecule has 170 valence electrons. The van der Waals surface area contributed by atoms with Crippen LogP contribution in [-0.2, 0) is 9.47 Å². The Hall–Kier alpha value is -3.48. The van der Waals surface area contributed by atoms with Gasteiger partial charge in [0.05, 0.1) is 19.3 Å². The summed E-state index contributed by atoms with van der Waals surface area (Å²) in [5.41, 5.74) is 2.19. The van der Waals surface area contributed by atoms with E-state index in [4.69, 9.17) is 18.6 Å². The zero-order valence-electron chi connectivity index (χ0n) is 18.6. The molecule has 6 heteroatoms. The molecule has 2 heterocycles. The van der Waals surface area contributed by atoms with Crippen molar-refractivity contribution in [2.24, 2.45) is 0 Å². The summed E-state index contributed by atoms with van der Waals surface area (Å²) in [4.78, 5) is 17.2. The Morgan fingerprint density at radius 3 is 2.58 bits per heavy atom. The van der Waals surface area contributed by atoms with Gasteiger partial charge in [-0.25, -0.2) is 4.98 Å². The van der Waals surface area contributed by atoms with Gasteiger partial charge in [0.1, 0.15) is 17.7 Å². The van der Waals surface area contributed by atoms with Crippen LogP contribution in [0, 0.1) is 0 Å². The van der Waals surface area contributed by atoms with Crippen molar-refractivity contribution in [3.05, 3.63) is 96.2 Å². The minimum atomic E-state index is -0.561. The number of Topliss-reactive ketones (excluding diaryl/α,β-unsaturated/α-hetero) is 1. The summed E-state index contributed by atoms with van der Waals surface area (Å²) in [5, 5.41) is 0. The van der Waals surface area contributed by atoms with Crippen LogP contribution in [-0.4, -0.2) is 30.1 Å². The summed E-state index contributed by atoms with van der Waals surface area (Å²) in [7, 11) is 1.62. The van der Waals surface area contributed by atoms with E-state index in [1.807, 2.05) is 66.7 Å². The first-order chi connectivity index (χ1) is 16.1. The van der Waals surface area contributed by atoms with Crippen molar-refractivity contribution in [2.45, 2.75) is 37.8 Å². The smallest absolute Gasteiger partial charge is 0.219 e. The third-order valence-electron chi connectivity index (χ3n) is 5.41. The van der Waals surface area contributed by atoms with Gasteiger partial charge in [0.2, 0.25) is 5.89 Å². The molecular weight excluding hydrogens is 418 g/mol. The SMILES string of the molecule is C=CC[C@H]1C[C@H](CC(=O)c2coc(/C=C/c3ccccc3)n2)O[C@@H](c2ccc(OC)cc2)O1. The van der Waals surface area contributed by atoms with Crippen LogP contribution in [0.5, 0.6) is 5.75 Å². The Morgan fingerprint density at radius 1 is 1.09 bits per heavy atom. The Labute approximate surface area is 193 Å². The molecule has 6 nitrogen and oxygen atoms in total. The lowest BCUT2D eigenvalue weighted by Gasteiger charge is -2.35. The molecule has 1 aromatic heterocycles. The number of rotatable bonds is 9. The van der Waals surface area contributed by atoms with Crippen LogP contribution in [0.4, 0.5) is 0 Å². The van der Waals surface area contributed by atoms with E-state index in [1.54, 1.807) is 13.2 Å². The van der Waals surface area contributed by atoms with Crippen LogP contribution in [0.25, 0.3) is 12.2 Å². The van der Waals surface area contributed by atoms with Crippen LogP contribution in [0.3, 0.4) is 0 Å². The molecule has 0 amide bonds. The van der Waals surface area contributed by atoms with Crippen LogP contribution in [0.2, 0.25) is 0 Å². The fraction of sp³-hybridized carbons (Fsp3) is 0.259. The van der Waals surface area contributed by atoms with Gasteiger partial charge in [-0.1, -0.05) is 48.5 Å². The molecule has 2 aromatic carbocycles. The number of hydrogen-bond donors (Lipinski definition) is 0. The summed E-state index contributed by atoms with van der Waals surface area (Å²) in [5.74, 6) is 1.01. The zero-order chi connectivity index (χ0) is 23.0. The molecule has 0 unspecified atom stereocenters. The van der Waals surface area contributed by atoms with Gasteiger partial charge in [0.25, 0.3) is 0 Å². The molecule has 1 aliphatic rings. The van der Waals surface area contributed by atoms with Gasteiger partial charge in [-0.05, 0) is 30.2 Å². The molecule has 1 fully saturated rings. The number of aromatic nitrogens is 1. The number of hydrogen-bond acceptors (Lipinski definition) is 6. The highest BCUT2D eigenvalue weighted by atomic mass is 16.7. The maximum Gasteiger partial charge on any atom is 0.219 e. The second-order valence-electron chi connectivity index (χ2n) is 7.82. The van der Waals surface area contributed by atoms with E-state index in [2.05, 4.69) is 11.6 Å². The fourth-order valence-electron chi connectivity index (χ4n) is 3.71. The van der Waals surface area contributed by atoms with Crippen LogP contribution >= 0.6 is 0 Å². The lowest BCUT2D eigenvalue weighted by Crippen LogP contribution is -2.35. The van der Waals surface area contributed by atoms with Gasteiger partial charge in [-0.3, -0.25) is 4.79 Å². The van der Waals surface area contributed by atoms with Crippen LogP contribution in [0.1, 0.15) is 53.1 Å². The second-order valence-corrected chi connectivity index (χ2v) is 7.82. The number of carbonyl (C=O) groups excluding carboxylic acids is 1. The monoisotopic (exact) mass is 445 g/mol. The molecule has 0 N–H and O–H groups in total. The first-order valence-electron chi connectivity index (χ1n) is 10.9. The van der Waals surface area contributed by atoms with Gasteiger partial charge in [-0.15, -0.1) is 6.58 Å². The number of ketones is 1. The summed E-state index contributed by atoms with van der Waals surface area (Å²) >= 11 is 0. The fourth-order valence-corrected chi connectivity index (χ4v) is 3.71. The lowest BCUT2D eigenvalue weighted by molar-refractivity contribution is -0.245. The minimum Gasteiger partial charge on any atom is -0.497 e. The molecule has 3 aromatic rings. The van der Waals surface area contributed by atoms with Crippen molar-refractivity contribution in [2.75, 3.05) is 7.11 Å². The third kappa shape index (κ3) is 6.06. The van der Waals surface area contributed by atoms with E-state index < -0.39 is 6.29 Å². The number of carbonyl (C=O) groups is 1. The summed E-state index contributed by atoms with van der Waals surface area (Å²) in [6, 6.07) is 17.4. The molecule has 3 atom stereocenters. The first-order valence-corrected chi connectivity index (χ1v) is 10.9. The molecule has 0 bridgehead atoms. The third-order valence-corrected chi connectivity index (χ3v) is 5.41. The topological polar surface area (TPSA) is 70.8 Å². The van der Waals surface area contributed by atoms with Crippen molar-refractivity contribution in [1.82, 2.24) is 4.98 Å². The highest BCUT2D eigenvalue weighted by Gasteiger charge is 2.32. The van der Waals surface area contributed by atoms with Crippen molar-refractivity contribution < 1.29 is 23.4 Å². The predicted molar refractivity (Wildman–Crippen MR) is 126 cm³/mol. The average Bonchev–Trinajstić information content (AvgIpc) is 3.33. The van der Waals surface area contributed by atoms with Gasteiger partial charge < -0.3 is 18.6 Å². The molecule has 0 saturated carbocycles. The number of oxazole rings is 1. The molecule has 0 spiro atoms. The maximum absolute atomic E-state index is 12.9. The second kappa shape index (κ2) is 10.9. The Kier molecular flexibility index (Phi) is 7.50. The van der Waals surface area contributed by atoms with E-state index in [-0.39, 0.29) is 24.4 Å². The van der Waals surface area contributed by atoms with E-state index >= 15 is 0 Å². The first kappa shape index (κ1) is 22.7. The zero-order valence-corrected chi connectivity index (χ0v) is 18.6. The Bertz CT molecular complexity index is 1090. The average molecular weight is 446 g/mol. The van der Waals surface area contributed by atoms with Crippen molar-refractivity contribution >= 4 is 17.9 Å². The van der Waals surface area contributed by atoms with E-state index in [9.17, 15) is 4.79 Å². The molecule has 4 rings (SSSR count). The highest BCUT2D eigenvalue weighted by Crippen LogP contribution is 2.33. The lowest BCUT2D eigenvalue weighted by atomic mass is 10.0. The van der Waals surface area contributed by atoms with Gasteiger partial charge in [0.15, 0.2) is 12.1 Å². The predicted octanol–water partition coefficient (Wildman–Crippen LogP) is 5.88. The molecule has 0 radical (unpaired) electrons. The normalized spacial score (nSPS) is 20.6. The van der Waals surface area contributed by atoms with Crippen molar-refractivity contribution in [3.8, 4) is 5.75 Å². The van der Waals surface area contributed by atoms with E-state index in [1.165, 1.54) is 6.26 Å². The van der Waals surface area contributed by atoms with Crippen molar-refractivity contribution in [1.29, 1.82) is 0 Å². The maximum atomic E-state index is 12.9. The summed E-state index contributed by atoms with van der Waals surface area (Å²) < 4.78 is 22.9. The molecule has 1 aliphatic heterocycles. The number of benzene rings is 2. The molecular formula is C27H27NO5. The summed E-state index contributed by atoms with van der Waals surface area (Å²) in [6.45, 7) is 3.82. The molecule has 33 heavy (non-hydrogen) atoms. The van der Waals surface area contributed by atoms with Crippen molar-refractivity contribution in [3.63, 3.8) is 0 Å². The highest BCUT2D eigenvalue weighted by molar-refractivity contribution is 5.94. The standard InChI is InChI=1S/C27H27NO5/c1-3-7-22-16-23(33-27(32-22)20-11-13-21(30-2)14-12-20)17-25(29)24-18-31-26(28-24)15-10-19-8-5-4-6-9-19/h3-6,8-15,18,22-23,27H,1,7,16-17H2,2H3/b15-10+/t22-,23+,27-/m0/s1. The van der Waals surface area contributed by atoms with Crippen LogP contribution < -0.4 is 4.74 Å². The number of ether oxygens (including phenoxy) is 3. The quantitative estimate of drug-likeness (QED) is 0.303. The minimum absolute atomic E-state index is 0.0807.